The van der Waals surface area contributed by atoms with Crippen LogP contribution in [0.1, 0.15) is 59.5 Å². The van der Waals surface area contributed by atoms with E-state index >= 15 is 0 Å². The highest BCUT2D eigenvalue weighted by Crippen LogP contribution is 2.65. The lowest BCUT2D eigenvalue weighted by Crippen LogP contribution is -2.69. The van der Waals surface area contributed by atoms with E-state index in [1.807, 2.05) is 18.2 Å². The molecule has 0 amide bonds. The zero-order chi connectivity index (χ0) is 21.3. The first-order valence-corrected chi connectivity index (χ1v) is 11.8. The van der Waals surface area contributed by atoms with Crippen molar-refractivity contribution in [1.82, 2.24) is 0 Å². The summed E-state index contributed by atoms with van der Waals surface area (Å²) in [6.07, 6.45) is 5.38. The molecule has 0 radical (unpaired) electrons. The molecule has 160 valence electrons. The van der Waals surface area contributed by atoms with Crippen LogP contribution in [0, 0.1) is 5.92 Å². The Labute approximate surface area is 188 Å². The van der Waals surface area contributed by atoms with E-state index in [9.17, 15) is 4.79 Å². The summed E-state index contributed by atoms with van der Waals surface area (Å²) in [5.41, 5.74) is 4.28. The number of benzene rings is 3. The predicted molar refractivity (Wildman–Crippen MR) is 125 cm³/mol. The van der Waals surface area contributed by atoms with Crippen molar-refractivity contribution in [3.8, 4) is 0 Å². The van der Waals surface area contributed by atoms with Crippen LogP contribution < -0.4 is 10.2 Å². The molecule has 32 heavy (non-hydrogen) atoms. The number of carbonyl (C=O) groups is 1. The third-order valence-electron chi connectivity index (χ3n) is 8.23. The van der Waals surface area contributed by atoms with Crippen LogP contribution >= 0.6 is 0 Å². The Morgan fingerprint density at radius 1 is 0.906 bits per heavy atom. The third-order valence-corrected chi connectivity index (χ3v) is 8.23. The molecular weight excluding hydrogens is 396 g/mol. The second kappa shape index (κ2) is 6.38. The van der Waals surface area contributed by atoms with E-state index < -0.39 is 5.72 Å². The van der Waals surface area contributed by atoms with Gasteiger partial charge in [0, 0.05) is 17.9 Å². The average molecular weight is 423 g/mol. The average Bonchev–Trinajstić information content (AvgIpc) is 3.32. The smallest absolute Gasteiger partial charge is 0.341 e. The molecule has 3 aromatic rings. The van der Waals surface area contributed by atoms with Gasteiger partial charge < -0.3 is 15.0 Å². The molecule has 4 atom stereocenters. The summed E-state index contributed by atoms with van der Waals surface area (Å²) in [6, 6.07) is 27.4. The minimum atomic E-state index is -0.804. The maximum absolute atomic E-state index is 13.2. The summed E-state index contributed by atoms with van der Waals surface area (Å²) >= 11 is 0. The van der Waals surface area contributed by atoms with E-state index in [4.69, 9.17) is 4.74 Å². The van der Waals surface area contributed by atoms with Gasteiger partial charge in [-0.25, -0.2) is 4.79 Å². The van der Waals surface area contributed by atoms with E-state index in [1.54, 1.807) is 0 Å². The summed E-state index contributed by atoms with van der Waals surface area (Å²) in [7, 11) is 0. The number of rotatable bonds is 1. The zero-order valence-electron chi connectivity index (χ0n) is 18.0. The Hall–Kier alpha value is -3.27. The molecule has 1 saturated heterocycles. The van der Waals surface area contributed by atoms with Gasteiger partial charge in [-0.15, -0.1) is 0 Å². The first-order chi connectivity index (χ1) is 15.7. The molecule has 3 heterocycles. The standard InChI is InChI=1S/C28H26N2O2/c31-26-20-12-4-5-14-23(20)28(32-26)18-21(19-10-2-1-3-11-19)22-13-8-9-17-27(22)29-24-15-6-7-16-25(24)30(27)28/h1-7,10-12,14-16,21-22,29H,8-9,13,17-18H2/t21-,22-,27+,28?/m1/s1. The van der Waals surface area contributed by atoms with Crippen LogP contribution in [0.5, 0.6) is 0 Å². The topological polar surface area (TPSA) is 41.6 Å². The van der Waals surface area contributed by atoms with Gasteiger partial charge in [0.1, 0.15) is 5.66 Å². The van der Waals surface area contributed by atoms with Crippen molar-refractivity contribution < 1.29 is 9.53 Å². The summed E-state index contributed by atoms with van der Waals surface area (Å²) in [5.74, 6) is 0.526. The number of nitrogens with zero attached hydrogens (tertiary/aromatic N) is 1. The molecular formula is C28H26N2O2. The quantitative estimate of drug-likeness (QED) is 0.487. The lowest BCUT2D eigenvalue weighted by atomic mass is 9.62. The number of carbonyl (C=O) groups excluding carboxylic acids is 1. The van der Waals surface area contributed by atoms with Crippen molar-refractivity contribution in [1.29, 1.82) is 0 Å². The van der Waals surface area contributed by atoms with Crippen LogP contribution in [0.2, 0.25) is 0 Å². The van der Waals surface area contributed by atoms with Gasteiger partial charge in [0.2, 0.25) is 5.72 Å². The van der Waals surface area contributed by atoms with Crippen molar-refractivity contribution in [2.75, 3.05) is 10.2 Å². The van der Waals surface area contributed by atoms with Gasteiger partial charge in [-0.3, -0.25) is 0 Å². The molecule has 0 aromatic heterocycles. The minimum absolute atomic E-state index is 0.207. The Morgan fingerprint density at radius 2 is 1.69 bits per heavy atom. The first kappa shape index (κ1) is 18.3. The summed E-state index contributed by atoms with van der Waals surface area (Å²) in [6.45, 7) is 0. The molecule has 1 N–H and O–H groups in total. The fourth-order valence-electron chi connectivity index (χ4n) is 7.11. The van der Waals surface area contributed by atoms with Crippen LogP contribution in [-0.4, -0.2) is 11.6 Å². The Morgan fingerprint density at radius 3 is 2.59 bits per heavy atom. The van der Waals surface area contributed by atoms with Crippen LogP contribution in [0.4, 0.5) is 11.4 Å². The predicted octanol–water partition coefficient (Wildman–Crippen LogP) is 6.02. The van der Waals surface area contributed by atoms with Crippen LogP contribution in [0.3, 0.4) is 0 Å². The normalized spacial score (nSPS) is 31.9. The van der Waals surface area contributed by atoms with Crippen LogP contribution in [-0.2, 0) is 10.5 Å². The van der Waals surface area contributed by atoms with E-state index in [-0.39, 0.29) is 11.6 Å². The molecule has 4 heteroatoms. The molecule has 0 bridgehead atoms. The van der Waals surface area contributed by atoms with E-state index in [2.05, 4.69) is 70.9 Å². The maximum atomic E-state index is 13.2. The highest BCUT2D eigenvalue weighted by atomic mass is 16.6. The Kier molecular flexibility index (Phi) is 3.65. The summed E-state index contributed by atoms with van der Waals surface area (Å²) < 4.78 is 6.47. The van der Waals surface area contributed by atoms with Gasteiger partial charge in [-0.1, -0.05) is 67.1 Å². The van der Waals surface area contributed by atoms with Crippen molar-refractivity contribution in [3.63, 3.8) is 0 Å². The molecule has 4 aliphatic rings. The number of hydrogen-bond acceptors (Lipinski definition) is 4. The molecule has 4 nitrogen and oxygen atoms in total. The largest absolute Gasteiger partial charge is 0.431 e. The fraction of sp³-hybridized carbons (Fsp3) is 0.321. The number of ether oxygens (including phenoxy) is 1. The molecule has 3 aliphatic heterocycles. The van der Waals surface area contributed by atoms with Crippen molar-refractivity contribution >= 4 is 17.3 Å². The molecule has 1 aliphatic carbocycles. The maximum Gasteiger partial charge on any atom is 0.341 e. The van der Waals surface area contributed by atoms with E-state index in [0.717, 1.165) is 29.8 Å². The number of fused-ring (bicyclic) bond motifs is 5. The minimum Gasteiger partial charge on any atom is -0.431 e. The van der Waals surface area contributed by atoms with Crippen molar-refractivity contribution in [2.24, 2.45) is 5.92 Å². The molecule has 1 saturated carbocycles. The highest BCUT2D eigenvalue weighted by Gasteiger charge is 2.67. The molecule has 7 rings (SSSR count). The number of nitrogens with one attached hydrogen (secondary N) is 1. The van der Waals surface area contributed by atoms with Gasteiger partial charge >= 0.3 is 5.97 Å². The van der Waals surface area contributed by atoms with Gasteiger partial charge in [0.05, 0.1) is 16.9 Å². The number of piperidine rings is 1. The summed E-state index contributed by atoms with van der Waals surface area (Å²) in [4.78, 5) is 15.6. The van der Waals surface area contributed by atoms with Gasteiger partial charge in [0.15, 0.2) is 0 Å². The molecule has 2 spiro atoms. The lowest BCUT2D eigenvalue weighted by Gasteiger charge is -2.61. The summed E-state index contributed by atoms with van der Waals surface area (Å²) in [5, 5.41) is 3.98. The van der Waals surface area contributed by atoms with Crippen LogP contribution in [0.15, 0.2) is 78.9 Å². The second-order valence-corrected chi connectivity index (χ2v) is 9.69. The van der Waals surface area contributed by atoms with Gasteiger partial charge in [-0.05, 0) is 48.9 Å². The van der Waals surface area contributed by atoms with E-state index in [0.29, 0.717) is 17.4 Å². The highest BCUT2D eigenvalue weighted by molar-refractivity contribution is 5.96. The third kappa shape index (κ3) is 2.20. The number of para-hydroxylation sites is 2. The fourth-order valence-corrected chi connectivity index (χ4v) is 7.11. The Bertz CT molecular complexity index is 1220. The Balaban J connectivity index is 1.52. The SMILES string of the molecule is O=C1OC2(C[C@H](c3ccccc3)[C@H]3CCCC[C@@]34Nc3ccccc3N24)c2ccccc21. The molecule has 2 fully saturated rings. The molecule has 3 aromatic carbocycles. The monoisotopic (exact) mass is 422 g/mol. The number of esters is 1. The molecule has 1 unspecified atom stereocenters. The number of hydrogen-bond donors (Lipinski definition) is 1. The number of anilines is 2. The zero-order valence-corrected chi connectivity index (χ0v) is 18.0. The van der Waals surface area contributed by atoms with Gasteiger partial charge in [0.25, 0.3) is 0 Å². The second-order valence-electron chi connectivity index (χ2n) is 9.69. The first-order valence-electron chi connectivity index (χ1n) is 11.8. The van der Waals surface area contributed by atoms with Crippen LogP contribution in [0.25, 0.3) is 0 Å². The lowest BCUT2D eigenvalue weighted by molar-refractivity contribution is -0.0663. The van der Waals surface area contributed by atoms with Crippen molar-refractivity contribution in [3.05, 3.63) is 95.6 Å². The van der Waals surface area contributed by atoms with Gasteiger partial charge in [-0.2, -0.15) is 0 Å². The van der Waals surface area contributed by atoms with E-state index in [1.165, 1.54) is 24.8 Å². The van der Waals surface area contributed by atoms with Crippen molar-refractivity contribution in [2.45, 2.75) is 49.4 Å².